The Hall–Kier alpha value is -1.86. The molecule has 84 valence electrons. The Morgan fingerprint density at radius 1 is 1.25 bits per heavy atom. The van der Waals surface area contributed by atoms with Gasteiger partial charge in [-0.2, -0.15) is 13.5 Å². The van der Waals surface area contributed by atoms with Gasteiger partial charge in [-0.3, -0.25) is 4.72 Å². The van der Waals surface area contributed by atoms with Crippen LogP contribution in [0.1, 0.15) is 0 Å². The number of hydrogen-bond donors (Lipinski definition) is 2. The van der Waals surface area contributed by atoms with E-state index >= 15 is 0 Å². The van der Waals surface area contributed by atoms with Crippen LogP contribution >= 0.6 is 0 Å². The number of para-hydroxylation sites is 2. The maximum atomic E-state index is 11.0. The summed E-state index contributed by atoms with van der Waals surface area (Å²) in [6.45, 7) is 0. The number of nitrogens with zero attached hydrogens (tertiary/aromatic N) is 2. The highest BCUT2D eigenvalue weighted by molar-refractivity contribution is 7.90. The van der Waals surface area contributed by atoms with Gasteiger partial charge in [0.25, 0.3) is 10.2 Å². The summed E-state index contributed by atoms with van der Waals surface area (Å²) in [7, 11) is -3.78. The Bertz CT molecular complexity index is 577. The molecule has 0 aliphatic carbocycles. The minimum Gasteiger partial charge on any atom is -0.269 e. The van der Waals surface area contributed by atoms with Gasteiger partial charge in [0, 0.05) is 12.4 Å². The molecule has 1 heterocycles. The third-order valence-electron chi connectivity index (χ3n) is 1.91. The van der Waals surface area contributed by atoms with Crippen LogP contribution in [0.4, 0.5) is 5.69 Å². The molecule has 0 spiro atoms. The number of nitrogens with one attached hydrogen (secondary N) is 1. The average Bonchev–Trinajstić information content (AvgIpc) is 2.69. The van der Waals surface area contributed by atoms with Crippen molar-refractivity contribution >= 4 is 15.9 Å². The second kappa shape index (κ2) is 3.95. The van der Waals surface area contributed by atoms with Crippen molar-refractivity contribution in [2.24, 2.45) is 5.14 Å². The molecule has 1 aromatic carbocycles. The standard InChI is InChI=1S/C9H10N4O2S/c10-16(14,15)12-8-4-1-2-5-9(8)13-7-3-6-11-13/h1-7,12H,(H2,10,14,15). The third kappa shape index (κ3) is 2.38. The number of anilines is 1. The van der Waals surface area contributed by atoms with Gasteiger partial charge < -0.3 is 0 Å². The number of aromatic nitrogens is 2. The first-order valence-corrected chi connectivity index (χ1v) is 6.00. The van der Waals surface area contributed by atoms with Gasteiger partial charge in [0.1, 0.15) is 0 Å². The van der Waals surface area contributed by atoms with Crippen LogP contribution in [0.2, 0.25) is 0 Å². The number of nitrogens with two attached hydrogens (primary N) is 1. The quantitative estimate of drug-likeness (QED) is 0.815. The van der Waals surface area contributed by atoms with E-state index in [0.29, 0.717) is 11.4 Å². The number of hydrogen-bond acceptors (Lipinski definition) is 3. The lowest BCUT2D eigenvalue weighted by atomic mass is 10.3. The van der Waals surface area contributed by atoms with E-state index in [2.05, 4.69) is 9.82 Å². The van der Waals surface area contributed by atoms with Crippen molar-refractivity contribution in [3.8, 4) is 5.69 Å². The highest BCUT2D eigenvalue weighted by atomic mass is 32.2. The smallest absolute Gasteiger partial charge is 0.269 e. The molecule has 0 saturated heterocycles. The zero-order valence-corrected chi connectivity index (χ0v) is 9.05. The summed E-state index contributed by atoms with van der Waals surface area (Å²) in [4.78, 5) is 0. The fourth-order valence-electron chi connectivity index (χ4n) is 1.32. The van der Waals surface area contributed by atoms with Crippen LogP contribution in [0.25, 0.3) is 5.69 Å². The monoisotopic (exact) mass is 238 g/mol. The van der Waals surface area contributed by atoms with Gasteiger partial charge in [0.2, 0.25) is 0 Å². The van der Waals surface area contributed by atoms with Crippen molar-refractivity contribution in [1.82, 2.24) is 9.78 Å². The lowest BCUT2D eigenvalue weighted by Crippen LogP contribution is -2.22. The molecule has 0 unspecified atom stereocenters. The fourth-order valence-corrected chi connectivity index (χ4v) is 1.80. The topological polar surface area (TPSA) is 90.0 Å². The second-order valence-corrected chi connectivity index (χ2v) is 4.41. The highest BCUT2D eigenvalue weighted by Crippen LogP contribution is 2.19. The van der Waals surface area contributed by atoms with Crippen LogP contribution in [0.3, 0.4) is 0 Å². The largest absolute Gasteiger partial charge is 0.296 e. The van der Waals surface area contributed by atoms with Crippen LogP contribution in [0.15, 0.2) is 42.7 Å². The van der Waals surface area contributed by atoms with E-state index < -0.39 is 10.2 Å². The zero-order valence-electron chi connectivity index (χ0n) is 8.24. The second-order valence-electron chi connectivity index (χ2n) is 3.11. The predicted octanol–water partition coefficient (Wildman–Crippen LogP) is 0.488. The zero-order chi connectivity index (χ0) is 11.6. The van der Waals surface area contributed by atoms with Gasteiger partial charge in [-0.25, -0.2) is 9.82 Å². The normalized spacial score (nSPS) is 11.3. The van der Waals surface area contributed by atoms with Crippen LogP contribution in [-0.2, 0) is 10.2 Å². The third-order valence-corrected chi connectivity index (χ3v) is 2.41. The van der Waals surface area contributed by atoms with Crippen LogP contribution in [-0.4, -0.2) is 18.2 Å². The number of benzene rings is 1. The maximum absolute atomic E-state index is 11.0. The molecule has 0 aliphatic heterocycles. The lowest BCUT2D eigenvalue weighted by molar-refractivity contribution is 0.603. The number of rotatable bonds is 3. The molecule has 0 aliphatic rings. The predicted molar refractivity (Wildman–Crippen MR) is 60.3 cm³/mol. The molecule has 0 saturated carbocycles. The van der Waals surface area contributed by atoms with Crippen molar-refractivity contribution in [3.05, 3.63) is 42.7 Å². The van der Waals surface area contributed by atoms with Crippen LogP contribution < -0.4 is 9.86 Å². The molecule has 0 amide bonds. The molecular weight excluding hydrogens is 228 g/mol. The van der Waals surface area contributed by atoms with Crippen LogP contribution in [0.5, 0.6) is 0 Å². The summed E-state index contributed by atoms with van der Waals surface area (Å²) in [6.07, 6.45) is 3.32. The minimum absolute atomic E-state index is 0.383. The molecule has 0 bridgehead atoms. The Labute approximate surface area is 92.9 Å². The summed E-state index contributed by atoms with van der Waals surface area (Å²) in [5, 5.41) is 8.94. The first-order valence-electron chi connectivity index (χ1n) is 4.46. The van der Waals surface area contributed by atoms with Crippen molar-refractivity contribution in [3.63, 3.8) is 0 Å². The van der Waals surface area contributed by atoms with Crippen molar-refractivity contribution < 1.29 is 8.42 Å². The van der Waals surface area contributed by atoms with Gasteiger partial charge in [-0.1, -0.05) is 12.1 Å². The van der Waals surface area contributed by atoms with E-state index in [-0.39, 0.29) is 0 Å². The first kappa shape index (κ1) is 10.7. The summed E-state index contributed by atoms with van der Waals surface area (Å²) >= 11 is 0. The van der Waals surface area contributed by atoms with E-state index in [1.807, 2.05) is 0 Å². The molecule has 7 heteroatoms. The van der Waals surface area contributed by atoms with Gasteiger partial charge in [-0.05, 0) is 18.2 Å². The molecule has 6 nitrogen and oxygen atoms in total. The molecule has 0 radical (unpaired) electrons. The van der Waals surface area contributed by atoms with Crippen molar-refractivity contribution in [2.75, 3.05) is 4.72 Å². The van der Waals surface area contributed by atoms with Gasteiger partial charge in [0.05, 0.1) is 11.4 Å². The summed E-state index contributed by atoms with van der Waals surface area (Å²) in [5.41, 5.74) is 0.996. The van der Waals surface area contributed by atoms with E-state index in [1.54, 1.807) is 47.4 Å². The summed E-state index contributed by atoms with van der Waals surface area (Å²) in [5.74, 6) is 0. The molecule has 2 rings (SSSR count). The summed E-state index contributed by atoms with van der Waals surface area (Å²) in [6, 6.07) is 8.58. The Kier molecular flexibility index (Phi) is 2.63. The molecule has 16 heavy (non-hydrogen) atoms. The highest BCUT2D eigenvalue weighted by Gasteiger charge is 2.08. The average molecular weight is 238 g/mol. The van der Waals surface area contributed by atoms with Crippen molar-refractivity contribution in [1.29, 1.82) is 0 Å². The molecule has 3 N–H and O–H groups in total. The first-order chi connectivity index (χ1) is 7.56. The molecule has 2 aromatic rings. The Balaban J connectivity index is 2.47. The fraction of sp³-hybridized carbons (Fsp3) is 0. The van der Waals surface area contributed by atoms with Crippen LogP contribution in [0, 0.1) is 0 Å². The van der Waals surface area contributed by atoms with E-state index in [1.165, 1.54) is 0 Å². The minimum atomic E-state index is -3.78. The van der Waals surface area contributed by atoms with E-state index in [4.69, 9.17) is 5.14 Å². The van der Waals surface area contributed by atoms with E-state index in [9.17, 15) is 8.42 Å². The molecular formula is C9H10N4O2S. The van der Waals surface area contributed by atoms with Gasteiger partial charge in [0.15, 0.2) is 0 Å². The lowest BCUT2D eigenvalue weighted by Gasteiger charge is -2.09. The van der Waals surface area contributed by atoms with Crippen molar-refractivity contribution in [2.45, 2.75) is 0 Å². The summed E-state index contributed by atoms with van der Waals surface area (Å²) < 4.78 is 25.7. The van der Waals surface area contributed by atoms with Gasteiger partial charge in [-0.15, -0.1) is 0 Å². The molecule has 0 atom stereocenters. The maximum Gasteiger partial charge on any atom is 0.296 e. The SMILES string of the molecule is NS(=O)(=O)Nc1ccccc1-n1cccn1. The Morgan fingerprint density at radius 2 is 2.00 bits per heavy atom. The molecule has 1 aromatic heterocycles. The Morgan fingerprint density at radius 3 is 2.62 bits per heavy atom. The van der Waals surface area contributed by atoms with Gasteiger partial charge >= 0.3 is 0 Å². The molecule has 0 fully saturated rings. The van der Waals surface area contributed by atoms with E-state index in [0.717, 1.165) is 0 Å².